The molecule has 0 radical (unpaired) electrons. The van der Waals surface area contributed by atoms with Gasteiger partial charge < -0.3 is 4.42 Å². The van der Waals surface area contributed by atoms with Gasteiger partial charge in [-0.25, -0.2) is 0 Å². The highest BCUT2D eigenvalue weighted by Crippen LogP contribution is 2.15. The molecule has 0 amide bonds. The van der Waals surface area contributed by atoms with Crippen molar-refractivity contribution < 1.29 is 4.42 Å². The quantitative estimate of drug-likeness (QED) is 0.676. The topological polar surface area (TPSA) is 80.5 Å². The van der Waals surface area contributed by atoms with Gasteiger partial charge in [0.1, 0.15) is 0 Å². The van der Waals surface area contributed by atoms with Crippen LogP contribution in [0.1, 0.15) is 0 Å². The van der Waals surface area contributed by atoms with E-state index in [4.69, 9.17) is 16.0 Å². The normalized spacial score (nSPS) is 10.3. The van der Waals surface area contributed by atoms with Crippen molar-refractivity contribution in [1.29, 1.82) is 0 Å². The maximum Gasteiger partial charge on any atom is 0.313 e. The zero-order valence-corrected chi connectivity index (χ0v) is 5.91. The number of hydrogen-bond donors (Lipinski definition) is 1. The molecule has 0 saturated carbocycles. The third-order valence-corrected chi connectivity index (χ3v) is 1.19. The molecule has 6 nitrogen and oxygen atoms in total. The summed E-state index contributed by atoms with van der Waals surface area (Å²) in [6.07, 6.45) is 1.46. The minimum absolute atomic E-state index is 0.0111. The van der Waals surface area contributed by atoms with E-state index >= 15 is 0 Å². The first kappa shape index (κ1) is 6.29. The summed E-state index contributed by atoms with van der Waals surface area (Å²) < 4.78 is 4.85. The second-order valence-corrected chi connectivity index (χ2v) is 2.04. The Morgan fingerprint density at radius 2 is 2.36 bits per heavy atom. The molecule has 56 valence electrons. The Morgan fingerprint density at radius 3 is 2.91 bits per heavy atom. The fourth-order valence-electron chi connectivity index (χ4n) is 0.613. The summed E-state index contributed by atoms with van der Waals surface area (Å²) in [5, 5.41) is 16.7. The predicted octanol–water partition coefficient (Wildman–Crippen LogP) is 0.508. The van der Waals surface area contributed by atoms with Crippen LogP contribution in [0.15, 0.2) is 10.6 Å². The van der Waals surface area contributed by atoms with Crippen LogP contribution in [-0.4, -0.2) is 25.6 Å². The van der Waals surface area contributed by atoms with Crippen molar-refractivity contribution in [2.45, 2.75) is 0 Å². The molecule has 0 aliphatic rings. The third-order valence-electron chi connectivity index (χ3n) is 1.03. The van der Waals surface area contributed by atoms with E-state index in [-0.39, 0.29) is 11.2 Å². The molecule has 11 heavy (non-hydrogen) atoms. The Balaban J connectivity index is 2.45. The Morgan fingerprint density at radius 1 is 1.45 bits per heavy atom. The minimum Gasteiger partial charge on any atom is -0.406 e. The molecule has 0 bridgehead atoms. The van der Waals surface area contributed by atoms with Crippen molar-refractivity contribution in [1.82, 2.24) is 25.6 Å². The Bertz CT molecular complexity index is 341. The van der Waals surface area contributed by atoms with E-state index in [1.54, 1.807) is 0 Å². The van der Waals surface area contributed by atoms with Gasteiger partial charge in [-0.2, -0.15) is 15.4 Å². The molecule has 0 saturated heterocycles. The molecule has 2 heterocycles. The summed E-state index contributed by atoms with van der Waals surface area (Å²) in [4.78, 5) is 0. The van der Waals surface area contributed by atoms with Crippen LogP contribution in [0.5, 0.6) is 0 Å². The van der Waals surface area contributed by atoms with Gasteiger partial charge in [0.25, 0.3) is 5.89 Å². The van der Waals surface area contributed by atoms with Crippen LogP contribution in [0, 0.1) is 0 Å². The zero-order chi connectivity index (χ0) is 7.68. The second-order valence-electron chi connectivity index (χ2n) is 1.72. The molecule has 0 atom stereocenters. The maximum atomic E-state index is 5.38. The molecule has 2 aromatic rings. The number of aromatic amines is 1. The highest BCUT2D eigenvalue weighted by atomic mass is 35.5. The van der Waals surface area contributed by atoms with Crippen LogP contribution < -0.4 is 0 Å². The fourth-order valence-corrected chi connectivity index (χ4v) is 0.724. The number of hydrogen-bond acceptors (Lipinski definition) is 5. The first-order valence-electron chi connectivity index (χ1n) is 2.71. The average Bonchev–Trinajstić information content (AvgIpc) is 2.55. The molecule has 7 heteroatoms. The van der Waals surface area contributed by atoms with Crippen molar-refractivity contribution in [2.24, 2.45) is 0 Å². The SMILES string of the molecule is Clc1nnc(-c2cn[nH]n2)o1. The smallest absolute Gasteiger partial charge is 0.313 e. The number of nitrogens with one attached hydrogen (secondary N) is 1. The third kappa shape index (κ3) is 1.07. The van der Waals surface area contributed by atoms with Crippen LogP contribution in [-0.2, 0) is 0 Å². The number of rotatable bonds is 1. The van der Waals surface area contributed by atoms with Gasteiger partial charge in [0, 0.05) is 0 Å². The average molecular weight is 172 g/mol. The molecule has 2 aromatic heterocycles. The highest BCUT2D eigenvalue weighted by molar-refractivity contribution is 6.27. The van der Waals surface area contributed by atoms with E-state index in [0.717, 1.165) is 0 Å². The number of halogens is 1. The largest absolute Gasteiger partial charge is 0.406 e. The predicted molar refractivity (Wildman–Crippen MR) is 34.7 cm³/mol. The summed E-state index contributed by atoms with van der Waals surface area (Å²) in [5.74, 6) is 0.253. The van der Waals surface area contributed by atoms with Crippen LogP contribution >= 0.6 is 11.6 Å². The van der Waals surface area contributed by atoms with Gasteiger partial charge in [-0.1, -0.05) is 5.10 Å². The van der Waals surface area contributed by atoms with Gasteiger partial charge in [-0.05, 0) is 11.6 Å². The molecule has 2 rings (SSSR count). The number of nitrogens with zero attached hydrogens (tertiary/aromatic N) is 4. The van der Waals surface area contributed by atoms with Crippen LogP contribution in [0.25, 0.3) is 11.6 Å². The van der Waals surface area contributed by atoms with E-state index in [1.165, 1.54) is 6.20 Å². The summed E-state index contributed by atoms with van der Waals surface area (Å²) in [6.45, 7) is 0. The first-order valence-corrected chi connectivity index (χ1v) is 3.09. The monoisotopic (exact) mass is 171 g/mol. The lowest BCUT2D eigenvalue weighted by Gasteiger charge is -1.79. The van der Waals surface area contributed by atoms with Crippen molar-refractivity contribution in [3.8, 4) is 11.6 Å². The van der Waals surface area contributed by atoms with Crippen molar-refractivity contribution in [2.75, 3.05) is 0 Å². The lowest BCUT2D eigenvalue weighted by molar-refractivity contribution is 0.568. The van der Waals surface area contributed by atoms with Gasteiger partial charge in [0.15, 0.2) is 5.69 Å². The van der Waals surface area contributed by atoms with E-state index < -0.39 is 0 Å². The van der Waals surface area contributed by atoms with E-state index in [2.05, 4.69) is 25.6 Å². The van der Waals surface area contributed by atoms with E-state index in [0.29, 0.717) is 5.69 Å². The number of H-pyrrole nitrogens is 1. The van der Waals surface area contributed by atoms with Crippen LogP contribution in [0.3, 0.4) is 0 Å². The van der Waals surface area contributed by atoms with Crippen molar-refractivity contribution in [3.05, 3.63) is 11.5 Å². The second kappa shape index (κ2) is 2.31. The molecule has 0 aliphatic heterocycles. The minimum atomic E-state index is -0.0111. The lowest BCUT2D eigenvalue weighted by Crippen LogP contribution is -1.76. The van der Waals surface area contributed by atoms with Crippen LogP contribution in [0.2, 0.25) is 5.35 Å². The summed E-state index contributed by atoms with van der Waals surface area (Å²) in [6, 6.07) is 0. The molecule has 0 aromatic carbocycles. The summed E-state index contributed by atoms with van der Waals surface area (Å²) in [5.41, 5.74) is 0.476. The Labute approximate surface area is 65.6 Å². The summed E-state index contributed by atoms with van der Waals surface area (Å²) in [7, 11) is 0. The summed E-state index contributed by atoms with van der Waals surface area (Å²) >= 11 is 5.38. The first-order chi connectivity index (χ1) is 5.36. The fraction of sp³-hybridized carbons (Fsp3) is 0. The van der Waals surface area contributed by atoms with Gasteiger partial charge in [-0.15, -0.1) is 5.10 Å². The van der Waals surface area contributed by atoms with E-state index in [9.17, 15) is 0 Å². The standard InChI is InChI=1S/C4H2ClN5O/c5-4-9-8-3(11-4)2-1-6-10-7-2/h1H,(H,6,7,10). The molecular weight excluding hydrogens is 170 g/mol. The van der Waals surface area contributed by atoms with Gasteiger partial charge in [0.05, 0.1) is 6.20 Å². The highest BCUT2D eigenvalue weighted by Gasteiger charge is 2.08. The van der Waals surface area contributed by atoms with Gasteiger partial charge in [0.2, 0.25) is 0 Å². The van der Waals surface area contributed by atoms with Gasteiger partial charge >= 0.3 is 5.35 Å². The molecular formula is C4H2ClN5O. The molecule has 1 N–H and O–H groups in total. The molecule has 0 spiro atoms. The van der Waals surface area contributed by atoms with E-state index in [1.807, 2.05) is 0 Å². The van der Waals surface area contributed by atoms with Crippen molar-refractivity contribution in [3.63, 3.8) is 0 Å². The Kier molecular flexibility index (Phi) is 1.32. The zero-order valence-electron chi connectivity index (χ0n) is 5.15. The maximum absolute atomic E-state index is 5.38. The van der Waals surface area contributed by atoms with Crippen molar-refractivity contribution >= 4 is 11.6 Å². The lowest BCUT2D eigenvalue weighted by atomic mass is 10.5. The van der Waals surface area contributed by atoms with Gasteiger partial charge in [-0.3, -0.25) is 0 Å². The molecule has 0 unspecified atom stereocenters. The Hall–Kier alpha value is -1.43. The molecule has 0 fully saturated rings. The van der Waals surface area contributed by atoms with Crippen LogP contribution in [0.4, 0.5) is 0 Å². The molecule has 0 aliphatic carbocycles. The number of aromatic nitrogens is 5.